The van der Waals surface area contributed by atoms with Crippen LogP contribution >= 0.6 is 11.8 Å². The van der Waals surface area contributed by atoms with E-state index in [1.165, 1.54) is 0 Å². The normalized spacial score (nSPS) is 11.4. The number of nitrogens with zero attached hydrogens (tertiary/aromatic N) is 1. The summed E-state index contributed by atoms with van der Waals surface area (Å²) in [6, 6.07) is 1.82. The molecule has 0 aliphatic heterocycles. The molecule has 0 fully saturated rings. The molecule has 96 valence electrons. The van der Waals surface area contributed by atoms with Gasteiger partial charge in [-0.25, -0.2) is 10.8 Å². The van der Waals surface area contributed by atoms with E-state index in [4.69, 9.17) is 5.84 Å². The number of nitrogens with one attached hydrogen (secondary N) is 2. The summed E-state index contributed by atoms with van der Waals surface area (Å²) >= 11 is 1.59. The van der Waals surface area contributed by atoms with Crippen molar-refractivity contribution in [1.29, 1.82) is 0 Å². The van der Waals surface area contributed by atoms with E-state index < -0.39 is 11.7 Å². The Kier molecular flexibility index (Phi) is 4.88. The van der Waals surface area contributed by atoms with Crippen LogP contribution in [0, 0.1) is 0 Å². The first-order chi connectivity index (χ1) is 7.97. The minimum atomic E-state index is -4.41. The van der Waals surface area contributed by atoms with E-state index >= 15 is 0 Å². The molecular weight excluding hydrogens is 253 g/mol. The van der Waals surface area contributed by atoms with E-state index in [9.17, 15) is 13.2 Å². The van der Waals surface area contributed by atoms with Gasteiger partial charge in [-0.1, -0.05) is 0 Å². The number of hydrazine groups is 1. The summed E-state index contributed by atoms with van der Waals surface area (Å²) in [5, 5.41) is 2.81. The Hall–Kier alpha value is -1.15. The van der Waals surface area contributed by atoms with E-state index in [0.29, 0.717) is 6.54 Å². The zero-order valence-corrected chi connectivity index (χ0v) is 9.95. The molecule has 1 heterocycles. The smallest absolute Gasteiger partial charge is 0.369 e. The average Bonchev–Trinajstić information content (AvgIpc) is 2.28. The molecule has 1 rings (SSSR count). The average molecular weight is 266 g/mol. The predicted octanol–water partition coefficient (Wildman–Crippen LogP) is 2.16. The molecule has 0 spiro atoms. The summed E-state index contributed by atoms with van der Waals surface area (Å²) in [4.78, 5) is 3.88. The monoisotopic (exact) mass is 266 g/mol. The number of rotatable bonds is 5. The van der Waals surface area contributed by atoms with Crippen LogP contribution < -0.4 is 16.6 Å². The maximum atomic E-state index is 12.5. The fourth-order valence-electron chi connectivity index (χ4n) is 1.14. The van der Waals surface area contributed by atoms with Crippen molar-refractivity contribution in [3.63, 3.8) is 0 Å². The lowest BCUT2D eigenvalue weighted by molar-refractivity contribution is -0.137. The van der Waals surface area contributed by atoms with Gasteiger partial charge >= 0.3 is 6.18 Å². The van der Waals surface area contributed by atoms with Crippen LogP contribution in [0.3, 0.4) is 0 Å². The fourth-order valence-corrected chi connectivity index (χ4v) is 1.45. The van der Waals surface area contributed by atoms with Gasteiger partial charge in [-0.2, -0.15) is 24.9 Å². The number of anilines is 2. The minimum absolute atomic E-state index is 0.0218. The maximum Gasteiger partial charge on any atom is 0.416 e. The number of nitrogen functional groups attached to an aromatic ring is 1. The molecule has 0 aliphatic rings. The summed E-state index contributed by atoms with van der Waals surface area (Å²) in [7, 11) is 0. The largest absolute Gasteiger partial charge is 0.416 e. The lowest BCUT2D eigenvalue weighted by Crippen LogP contribution is -2.14. The summed E-state index contributed by atoms with van der Waals surface area (Å²) in [6.45, 7) is 0.541. The molecule has 0 aliphatic carbocycles. The molecule has 4 N–H and O–H groups in total. The summed E-state index contributed by atoms with van der Waals surface area (Å²) in [5.74, 6) is 5.99. The molecule has 0 atom stereocenters. The zero-order valence-electron chi connectivity index (χ0n) is 9.14. The lowest BCUT2D eigenvalue weighted by atomic mass is 10.2. The van der Waals surface area contributed by atoms with Crippen LogP contribution in [0.25, 0.3) is 0 Å². The SMILES string of the molecule is CSCCNc1cc(C(F)(F)F)cc(NN)n1. The van der Waals surface area contributed by atoms with Crippen LogP contribution in [0.2, 0.25) is 0 Å². The van der Waals surface area contributed by atoms with Crippen molar-refractivity contribution in [2.75, 3.05) is 29.3 Å². The van der Waals surface area contributed by atoms with Gasteiger partial charge in [0.25, 0.3) is 0 Å². The van der Waals surface area contributed by atoms with Crippen molar-refractivity contribution in [3.05, 3.63) is 17.7 Å². The minimum Gasteiger partial charge on any atom is -0.369 e. The number of aromatic nitrogens is 1. The molecule has 1 aromatic rings. The van der Waals surface area contributed by atoms with E-state index in [-0.39, 0.29) is 11.6 Å². The first-order valence-corrected chi connectivity index (χ1v) is 6.15. The van der Waals surface area contributed by atoms with Crippen molar-refractivity contribution in [2.45, 2.75) is 6.18 Å². The summed E-state index contributed by atoms with van der Waals surface area (Å²) in [5.41, 5.74) is 1.33. The molecule has 8 heteroatoms. The zero-order chi connectivity index (χ0) is 12.9. The number of nitrogens with two attached hydrogens (primary N) is 1. The van der Waals surface area contributed by atoms with Crippen molar-refractivity contribution < 1.29 is 13.2 Å². The summed E-state index contributed by atoms with van der Waals surface area (Å²) < 4.78 is 37.6. The van der Waals surface area contributed by atoms with Gasteiger partial charge in [0.15, 0.2) is 0 Å². The van der Waals surface area contributed by atoms with Crippen LogP contribution in [0.15, 0.2) is 12.1 Å². The third-order valence-electron chi connectivity index (χ3n) is 1.91. The Morgan fingerprint density at radius 1 is 1.35 bits per heavy atom. The molecule has 0 bridgehead atoms. The molecule has 1 aromatic heterocycles. The van der Waals surface area contributed by atoms with Crippen LogP contribution in [-0.2, 0) is 6.18 Å². The molecule has 0 saturated heterocycles. The Morgan fingerprint density at radius 3 is 2.53 bits per heavy atom. The van der Waals surface area contributed by atoms with Gasteiger partial charge in [0.05, 0.1) is 5.56 Å². The molecule has 17 heavy (non-hydrogen) atoms. The number of alkyl halides is 3. The van der Waals surface area contributed by atoms with Gasteiger partial charge < -0.3 is 10.7 Å². The molecule has 4 nitrogen and oxygen atoms in total. The second-order valence-electron chi connectivity index (χ2n) is 3.19. The maximum absolute atomic E-state index is 12.5. The molecule has 0 aromatic carbocycles. The van der Waals surface area contributed by atoms with Crippen molar-refractivity contribution >= 4 is 23.4 Å². The number of thioether (sulfide) groups is 1. The number of hydrogen-bond acceptors (Lipinski definition) is 5. The van der Waals surface area contributed by atoms with Gasteiger partial charge in [0, 0.05) is 12.3 Å². The van der Waals surface area contributed by atoms with Gasteiger partial charge in [-0.05, 0) is 18.4 Å². The second kappa shape index (κ2) is 5.97. The Morgan fingerprint density at radius 2 is 2.00 bits per heavy atom. The second-order valence-corrected chi connectivity index (χ2v) is 4.17. The Labute approximate surface area is 101 Å². The van der Waals surface area contributed by atoms with Crippen LogP contribution in [0.1, 0.15) is 5.56 Å². The van der Waals surface area contributed by atoms with E-state index in [1.807, 2.05) is 6.26 Å². The third-order valence-corrected chi connectivity index (χ3v) is 2.53. The van der Waals surface area contributed by atoms with E-state index in [1.54, 1.807) is 11.8 Å². The van der Waals surface area contributed by atoms with Gasteiger partial charge in [0.1, 0.15) is 11.6 Å². The number of pyridine rings is 1. The topological polar surface area (TPSA) is 63.0 Å². The standard InChI is InChI=1S/C9H13F3N4S/c1-17-3-2-14-7-4-6(9(10,11)12)5-8(15-7)16-13/h4-5H,2-3,13H2,1H3,(H2,14,15,16). The first-order valence-electron chi connectivity index (χ1n) is 4.76. The van der Waals surface area contributed by atoms with Crippen molar-refractivity contribution in [3.8, 4) is 0 Å². The molecule has 0 saturated carbocycles. The lowest BCUT2D eigenvalue weighted by Gasteiger charge is -2.12. The molecule has 0 amide bonds. The van der Waals surface area contributed by atoms with Gasteiger partial charge in [0.2, 0.25) is 0 Å². The third kappa shape index (κ3) is 4.31. The molecular formula is C9H13F3N4S. The Bertz CT molecular complexity index is 370. The summed E-state index contributed by atoms with van der Waals surface area (Å²) in [6.07, 6.45) is -2.50. The van der Waals surface area contributed by atoms with Gasteiger partial charge in [-0.3, -0.25) is 0 Å². The Balaban J connectivity index is 2.89. The van der Waals surface area contributed by atoms with Crippen LogP contribution in [-0.4, -0.2) is 23.5 Å². The fraction of sp³-hybridized carbons (Fsp3) is 0.444. The first kappa shape index (κ1) is 13.9. The number of halogens is 3. The van der Waals surface area contributed by atoms with Crippen LogP contribution in [0.5, 0.6) is 0 Å². The van der Waals surface area contributed by atoms with Crippen molar-refractivity contribution in [2.24, 2.45) is 5.84 Å². The van der Waals surface area contributed by atoms with E-state index in [0.717, 1.165) is 17.9 Å². The van der Waals surface area contributed by atoms with Gasteiger partial charge in [-0.15, -0.1) is 0 Å². The predicted molar refractivity (Wildman–Crippen MR) is 63.9 cm³/mol. The quantitative estimate of drug-likeness (QED) is 0.433. The van der Waals surface area contributed by atoms with Crippen LogP contribution in [0.4, 0.5) is 24.8 Å². The molecule has 0 radical (unpaired) electrons. The number of hydrogen-bond donors (Lipinski definition) is 3. The van der Waals surface area contributed by atoms with Crippen molar-refractivity contribution in [1.82, 2.24) is 4.98 Å². The molecule has 0 unspecified atom stereocenters. The highest BCUT2D eigenvalue weighted by Gasteiger charge is 2.31. The highest BCUT2D eigenvalue weighted by atomic mass is 32.2. The van der Waals surface area contributed by atoms with E-state index in [2.05, 4.69) is 15.7 Å². The highest BCUT2D eigenvalue weighted by molar-refractivity contribution is 7.98. The highest BCUT2D eigenvalue weighted by Crippen LogP contribution is 2.31.